The number of ether oxygens (including phenoxy) is 1. The van der Waals surface area contributed by atoms with E-state index in [1.165, 1.54) is 30.3 Å². The minimum absolute atomic E-state index is 0.0987. The number of hydrogen-bond acceptors (Lipinski definition) is 8. The van der Waals surface area contributed by atoms with Gasteiger partial charge in [-0.05, 0) is 24.5 Å². The topological polar surface area (TPSA) is 109 Å². The summed E-state index contributed by atoms with van der Waals surface area (Å²) < 4.78 is 46.1. The molecule has 1 aromatic carbocycles. The van der Waals surface area contributed by atoms with Crippen LogP contribution in [0.2, 0.25) is 0 Å². The fourth-order valence-corrected chi connectivity index (χ4v) is 4.36. The summed E-state index contributed by atoms with van der Waals surface area (Å²) in [5, 5.41) is 0.665. The van der Waals surface area contributed by atoms with Gasteiger partial charge in [0.1, 0.15) is 17.5 Å². The molecule has 4 heterocycles. The number of benzene rings is 1. The van der Waals surface area contributed by atoms with Crippen molar-refractivity contribution in [3.8, 4) is 28.5 Å². The molecular weight excluding hydrogens is 511 g/mol. The zero-order chi connectivity index (χ0) is 27.1. The molecule has 39 heavy (non-hydrogen) atoms. The number of methoxy groups -OCH3 is 1. The number of aromatic nitrogens is 7. The predicted octanol–water partition coefficient (Wildman–Crippen LogP) is 4.66. The maximum absolute atomic E-state index is 13.0. The molecule has 0 saturated heterocycles. The number of halogens is 3. The van der Waals surface area contributed by atoms with Crippen LogP contribution in [0.3, 0.4) is 0 Å². The summed E-state index contributed by atoms with van der Waals surface area (Å²) in [7, 11) is 1.52. The monoisotopic (exact) mass is 531 g/mol. The molecule has 1 fully saturated rings. The molecule has 1 aliphatic rings. The van der Waals surface area contributed by atoms with Crippen molar-refractivity contribution in [2.45, 2.75) is 31.5 Å². The number of nitrogens with zero attached hydrogens (tertiary/aromatic N) is 7. The molecule has 5 aromatic rings. The van der Waals surface area contributed by atoms with Gasteiger partial charge in [-0.3, -0.25) is 14.3 Å². The highest BCUT2D eigenvalue weighted by atomic mass is 19.4. The molecule has 0 unspecified atom stereocenters. The quantitative estimate of drug-likeness (QED) is 0.311. The number of fused-ring (bicyclic) bond motifs is 1. The minimum atomic E-state index is -4.59. The van der Waals surface area contributed by atoms with Crippen molar-refractivity contribution in [2.75, 3.05) is 7.11 Å². The van der Waals surface area contributed by atoms with Gasteiger partial charge < -0.3 is 4.74 Å². The van der Waals surface area contributed by atoms with Crippen molar-refractivity contribution in [2.24, 2.45) is 0 Å². The number of pyridine rings is 1. The fourth-order valence-electron chi connectivity index (χ4n) is 4.36. The minimum Gasteiger partial charge on any atom is -0.480 e. The second-order valence-electron chi connectivity index (χ2n) is 9.13. The highest BCUT2D eigenvalue weighted by molar-refractivity contribution is 5.78. The third kappa shape index (κ3) is 4.80. The van der Waals surface area contributed by atoms with Crippen molar-refractivity contribution >= 4 is 11.0 Å². The molecule has 196 valence electrons. The molecule has 4 aromatic heterocycles. The molecule has 0 radical (unpaired) electrons. The standard InChI is InChI=1S/C27H20F3N7O2/c1-39-26-22(23(17-6-7-17)33-14-34-26)24-32-10-18-8-9-21(38)37(25(18)36-24)13-15-2-4-16(5-3-15)19-11-31-12-20(35-19)27(28,29)30/h2-5,8-12,14,17H,6-7,13H2,1H3. The Morgan fingerprint density at radius 3 is 2.49 bits per heavy atom. The van der Waals surface area contributed by atoms with Crippen LogP contribution in [0.4, 0.5) is 13.2 Å². The maximum Gasteiger partial charge on any atom is 0.434 e. The van der Waals surface area contributed by atoms with Crippen molar-refractivity contribution in [3.63, 3.8) is 0 Å². The summed E-state index contributed by atoms with van der Waals surface area (Å²) in [4.78, 5) is 38.2. The molecule has 0 N–H and O–H groups in total. The first-order chi connectivity index (χ1) is 18.8. The van der Waals surface area contributed by atoms with Crippen LogP contribution in [0.15, 0.2) is 66.1 Å². The van der Waals surface area contributed by atoms with Crippen LogP contribution >= 0.6 is 0 Å². The summed E-state index contributed by atoms with van der Waals surface area (Å²) in [5.74, 6) is 1.01. The third-order valence-electron chi connectivity index (χ3n) is 6.46. The van der Waals surface area contributed by atoms with E-state index in [9.17, 15) is 18.0 Å². The molecule has 0 aliphatic heterocycles. The summed E-state index contributed by atoms with van der Waals surface area (Å²) in [6, 6.07) is 9.84. The van der Waals surface area contributed by atoms with Gasteiger partial charge in [0.05, 0.1) is 37.4 Å². The maximum atomic E-state index is 13.0. The number of rotatable bonds is 6. The normalized spacial score (nSPS) is 13.5. The van der Waals surface area contributed by atoms with Crippen LogP contribution in [0.25, 0.3) is 33.7 Å². The summed E-state index contributed by atoms with van der Waals surface area (Å²) >= 11 is 0. The van der Waals surface area contributed by atoms with Gasteiger partial charge in [0.15, 0.2) is 11.5 Å². The van der Waals surface area contributed by atoms with E-state index in [-0.39, 0.29) is 23.7 Å². The van der Waals surface area contributed by atoms with Gasteiger partial charge in [-0.25, -0.2) is 24.9 Å². The summed E-state index contributed by atoms with van der Waals surface area (Å²) in [6.45, 7) is 0.180. The Kier molecular flexibility index (Phi) is 6.01. The van der Waals surface area contributed by atoms with E-state index in [1.807, 2.05) is 0 Å². The Morgan fingerprint density at radius 2 is 1.77 bits per heavy atom. The third-order valence-corrected chi connectivity index (χ3v) is 6.46. The molecule has 0 amide bonds. The van der Waals surface area contributed by atoms with Gasteiger partial charge in [-0.1, -0.05) is 24.3 Å². The zero-order valence-corrected chi connectivity index (χ0v) is 20.6. The molecular formula is C27H20F3N7O2. The number of hydrogen-bond donors (Lipinski definition) is 0. The van der Waals surface area contributed by atoms with Gasteiger partial charge in [-0.2, -0.15) is 13.2 Å². The molecule has 0 bridgehead atoms. The lowest BCUT2D eigenvalue weighted by Crippen LogP contribution is -2.21. The van der Waals surface area contributed by atoms with Crippen LogP contribution in [0, 0.1) is 0 Å². The molecule has 0 atom stereocenters. The van der Waals surface area contributed by atoms with E-state index in [0.717, 1.165) is 24.1 Å². The van der Waals surface area contributed by atoms with Crippen LogP contribution in [-0.4, -0.2) is 41.6 Å². The van der Waals surface area contributed by atoms with E-state index < -0.39 is 11.9 Å². The molecule has 1 saturated carbocycles. The van der Waals surface area contributed by atoms with E-state index in [0.29, 0.717) is 40.1 Å². The first kappa shape index (κ1) is 24.6. The van der Waals surface area contributed by atoms with Crippen molar-refractivity contribution < 1.29 is 17.9 Å². The van der Waals surface area contributed by atoms with Crippen molar-refractivity contribution in [1.29, 1.82) is 0 Å². The average molecular weight is 531 g/mol. The lowest BCUT2D eigenvalue weighted by atomic mass is 10.1. The fraction of sp³-hybridized carbons (Fsp3) is 0.222. The van der Waals surface area contributed by atoms with Gasteiger partial charge >= 0.3 is 6.18 Å². The lowest BCUT2D eigenvalue weighted by molar-refractivity contribution is -0.141. The van der Waals surface area contributed by atoms with Crippen LogP contribution < -0.4 is 10.3 Å². The molecule has 9 nitrogen and oxygen atoms in total. The predicted molar refractivity (Wildman–Crippen MR) is 135 cm³/mol. The van der Waals surface area contributed by atoms with Gasteiger partial charge in [0, 0.05) is 29.1 Å². The molecule has 6 rings (SSSR count). The Hall–Kier alpha value is -4.74. The van der Waals surface area contributed by atoms with Gasteiger partial charge in [-0.15, -0.1) is 0 Å². The van der Waals surface area contributed by atoms with Crippen molar-refractivity contribution in [1.82, 2.24) is 34.5 Å². The van der Waals surface area contributed by atoms with Crippen molar-refractivity contribution in [3.05, 3.63) is 88.6 Å². The SMILES string of the molecule is COc1ncnc(C2CC2)c1-c1ncc2ccc(=O)n(Cc3ccc(-c4cncc(C(F)(F)F)n4)cc3)c2n1. The smallest absolute Gasteiger partial charge is 0.434 e. The zero-order valence-electron chi connectivity index (χ0n) is 20.6. The van der Waals surface area contributed by atoms with Crippen LogP contribution in [-0.2, 0) is 12.7 Å². The Balaban J connectivity index is 1.37. The van der Waals surface area contributed by atoms with Gasteiger partial charge in [0.25, 0.3) is 5.56 Å². The second-order valence-corrected chi connectivity index (χ2v) is 9.13. The van der Waals surface area contributed by atoms with E-state index in [4.69, 9.17) is 9.72 Å². The van der Waals surface area contributed by atoms with Crippen LogP contribution in [0.1, 0.15) is 35.7 Å². The largest absolute Gasteiger partial charge is 0.480 e. The molecule has 0 spiro atoms. The molecule has 12 heteroatoms. The number of alkyl halides is 3. The highest BCUT2D eigenvalue weighted by Crippen LogP contribution is 2.44. The van der Waals surface area contributed by atoms with Gasteiger partial charge in [0.2, 0.25) is 5.88 Å². The molecule has 1 aliphatic carbocycles. The van der Waals surface area contributed by atoms with Crippen LogP contribution in [0.5, 0.6) is 5.88 Å². The average Bonchev–Trinajstić information content (AvgIpc) is 3.80. The van der Waals surface area contributed by atoms with E-state index in [1.54, 1.807) is 36.5 Å². The Bertz CT molecular complexity index is 1750. The summed E-state index contributed by atoms with van der Waals surface area (Å²) in [5.41, 5.74) is 1.84. The Labute approximate surface area is 219 Å². The van der Waals surface area contributed by atoms with E-state index >= 15 is 0 Å². The Morgan fingerprint density at radius 1 is 0.974 bits per heavy atom. The highest BCUT2D eigenvalue weighted by Gasteiger charge is 2.33. The first-order valence-electron chi connectivity index (χ1n) is 12.1. The van der Waals surface area contributed by atoms with E-state index in [2.05, 4.69) is 24.9 Å². The first-order valence-corrected chi connectivity index (χ1v) is 12.1. The lowest BCUT2D eigenvalue weighted by Gasteiger charge is -2.13. The second kappa shape index (κ2) is 9.53. The summed E-state index contributed by atoms with van der Waals surface area (Å²) in [6.07, 6.45) is 2.49.